The fraction of sp³-hybridized carbons (Fsp3) is 0.500. The molecule has 0 saturated carbocycles. The molecule has 0 aliphatic heterocycles. The van der Waals surface area contributed by atoms with E-state index in [4.69, 9.17) is 10.5 Å². The van der Waals surface area contributed by atoms with Gasteiger partial charge in [0.25, 0.3) is 0 Å². The molecule has 2 nitrogen and oxygen atoms in total. The molecule has 0 bridgehead atoms. The van der Waals surface area contributed by atoms with Crippen LogP contribution in [0.15, 0.2) is 0 Å². The van der Waals surface area contributed by atoms with Gasteiger partial charge in [0.15, 0.2) is 0 Å². The second-order valence-corrected chi connectivity index (χ2v) is 0.556. The van der Waals surface area contributed by atoms with E-state index in [9.17, 15) is 0 Å². The van der Waals surface area contributed by atoms with Crippen molar-refractivity contribution in [1.29, 1.82) is 0 Å². The van der Waals surface area contributed by atoms with E-state index in [1.165, 1.54) is 6.92 Å². The van der Waals surface area contributed by atoms with Gasteiger partial charge in [-0.3, -0.25) is 0 Å². The zero-order valence-electron chi connectivity index (χ0n) is 4.45. The number of hydrogen-bond acceptors (Lipinski definition) is 1. The molecule has 0 unspecified atom stereocenters. The van der Waals surface area contributed by atoms with Gasteiger partial charge in [-0.15, -0.1) is 0 Å². The van der Waals surface area contributed by atoms with E-state index < -0.39 is 5.91 Å². The zero-order valence-corrected chi connectivity index (χ0v) is 19.1. The molecule has 0 atom stereocenters. The summed E-state index contributed by atoms with van der Waals surface area (Å²) in [5.41, 5.74) is 5.94. The Labute approximate surface area is 127 Å². The average molecular weight is 977 g/mol. The molecule has 1 N–H and O–H groups in total. The van der Waals surface area contributed by atoms with E-state index in [1.54, 1.807) is 0 Å². The third-order valence-electron chi connectivity index (χ3n) is 0. The summed E-state index contributed by atoms with van der Waals surface area (Å²) in [6.45, 7) is 1.19. The Kier molecular flexibility index (Phi) is 138. The summed E-state index contributed by atoms with van der Waals surface area (Å²) in [7, 11) is 0. The number of carbonyl (C=O) groups excluding carboxylic acids is 1. The largest absolute Gasteiger partial charge is 0.668 e. The van der Waals surface area contributed by atoms with Gasteiger partial charge >= 0.3 is 0 Å². The Morgan fingerprint density at radius 3 is 1.00 bits per heavy atom. The van der Waals surface area contributed by atoms with Crippen LogP contribution in [0.4, 0.5) is 0 Å². The van der Waals surface area contributed by atoms with E-state index in [2.05, 4.69) is 0 Å². The number of carbonyl (C=O) groups is 1. The van der Waals surface area contributed by atoms with Crippen LogP contribution < -0.4 is 0 Å². The Morgan fingerprint density at radius 2 is 1.00 bits per heavy atom. The fourth-order valence-corrected chi connectivity index (χ4v) is 0. The van der Waals surface area contributed by atoms with Crippen LogP contribution in [0.25, 0.3) is 5.73 Å². The molecule has 54 valence electrons. The van der Waals surface area contributed by atoms with Crippen LogP contribution >= 0.6 is 0 Å². The summed E-state index contributed by atoms with van der Waals surface area (Å²) < 4.78 is 0. The molecule has 1 amide bonds. The van der Waals surface area contributed by atoms with Crippen molar-refractivity contribution in [3.8, 4) is 0 Å². The smallest absolute Gasteiger partial charge is 0.0456 e. The molecule has 0 aromatic rings. The molecule has 0 aromatic carbocycles. The number of hydrogen-bond donors (Lipinski definition) is 0. The van der Waals surface area contributed by atoms with Crippen molar-refractivity contribution in [2.75, 3.05) is 0 Å². The maximum absolute atomic E-state index is 9.11. The molecule has 0 aliphatic rings. The van der Waals surface area contributed by atoms with Crippen molar-refractivity contribution >= 4 is 5.91 Å². The number of nitrogens with one attached hydrogen (secondary N) is 1. The summed E-state index contributed by atoms with van der Waals surface area (Å²) in [6.07, 6.45) is 0. The van der Waals surface area contributed by atoms with Crippen molar-refractivity contribution < 1.29 is 110 Å². The van der Waals surface area contributed by atoms with E-state index >= 15 is 0 Å². The normalized spacial score (nSPS) is 2.78. The van der Waals surface area contributed by atoms with Gasteiger partial charge in [-0.1, -0.05) is 0 Å². The van der Waals surface area contributed by atoms with Crippen LogP contribution in [-0.4, -0.2) is 5.91 Å². The third-order valence-corrected chi connectivity index (χ3v) is 0. The van der Waals surface area contributed by atoms with Crippen molar-refractivity contribution in [3.63, 3.8) is 0 Å². The molecule has 0 aromatic heterocycles. The molecular weight excluding hydrogens is 973 g/mol. The Bertz CT molecular complexity index is 37.9. The maximum Gasteiger partial charge on any atom is 0.0456 e. The molecule has 0 rings (SSSR count). The monoisotopic (exact) mass is 978 g/mol. The molecule has 0 saturated heterocycles. The van der Waals surface area contributed by atoms with E-state index in [0.717, 1.165) is 0 Å². The molecule has 7 heteroatoms. The molecule has 0 fully saturated rings. The SMILES string of the molecule is CC([NH-])=O.[W].[W].[W].[W].[W]. The molecular formula is C2H4NOW5-. The Morgan fingerprint density at radius 1 is 1.00 bits per heavy atom. The first kappa shape index (κ1) is 40.6. The van der Waals surface area contributed by atoms with Crippen LogP contribution in [0.5, 0.6) is 0 Å². The second kappa shape index (κ2) is 30.7. The van der Waals surface area contributed by atoms with Gasteiger partial charge in [-0.05, 0) is 6.92 Å². The predicted molar refractivity (Wildman–Crippen MR) is 15.0 cm³/mol. The van der Waals surface area contributed by atoms with E-state index in [1.807, 2.05) is 0 Å². The van der Waals surface area contributed by atoms with Crippen LogP contribution in [0.1, 0.15) is 6.92 Å². The number of amides is 1. The summed E-state index contributed by atoms with van der Waals surface area (Å²) in [5.74, 6) is -0.583. The van der Waals surface area contributed by atoms with Crippen molar-refractivity contribution in [2.45, 2.75) is 6.92 Å². The van der Waals surface area contributed by atoms with Crippen molar-refractivity contribution in [1.82, 2.24) is 0 Å². The van der Waals surface area contributed by atoms with Gasteiger partial charge in [0, 0.05) is 111 Å². The van der Waals surface area contributed by atoms with Gasteiger partial charge in [-0.25, -0.2) is 0 Å². The van der Waals surface area contributed by atoms with Crippen LogP contribution in [-0.2, 0) is 110 Å². The Balaban J connectivity index is -0.00000000450. The first-order chi connectivity index (χ1) is 1.73. The minimum atomic E-state index is -0.583. The van der Waals surface area contributed by atoms with Crippen molar-refractivity contribution in [2.24, 2.45) is 0 Å². The van der Waals surface area contributed by atoms with E-state index in [0.29, 0.717) is 0 Å². The average Bonchev–Trinajstić information content (AvgIpc) is 0.811. The Hall–Kier alpha value is 2.91. The minimum Gasteiger partial charge on any atom is -0.668 e. The van der Waals surface area contributed by atoms with Gasteiger partial charge < -0.3 is 10.5 Å². The molecule has 0 heterocycles. The predicted octanol–water partition coefficient (Wildman–Crippen LogP) is 0.573. The first-order valence-corrected chi connectivity index (χ1v) is 0.954. The quantitative estimate of drug-likeness (QED) is 0.351. The first-order valence-electron chi connectivity index (χ1n) is 0.954. The summed E-state index contributed by atoms with van der Waals surface area (Å²) in [5, 5.41) is 0. The summed E-state index contributed by atoms with van der Waals surface area (Å²) in [4.78, 5) is 9.11. The van der Waals surface area contributed by atoms with Crippen molar-refractivity contribution in [3.05, 3.63) is 5.73 Å². The maximum atomic E-state index is 9.11. The summed E-state index contributed by atoms with van der Waals surface area (Å²) in [6, 6.07) is 0. The van der Waals surface area contributed by atoms with Gasteiger partial charge in [-0.2, -0.15) is 0 Å². The molecule has 0 aliphatic carbocycles. The fourth-order valence-electron chi connectivity index (χ4n) is 0. The van der Waals surface area contributed by atoms with Crippen LogP contribution in [0, 0.1) is 0 Å². The topological polar surface area (TPSA) is 40.9 Å². The van der Waals surface area contributed by atoms with Gasteiger partial charge in [0.05, 0.1) is 0 Å². The molecule has 0 radical (unpaired) electrons. The summed E-state index contributed by atoms with van der Waals surface area (Å²) >= 11 is 0. The zero-order chi connectivity index (χ0) is 3.58. The minimum absolute atomic E-state index is 0. The standard InChI is InChI=1S/C2H5NO.5W/c1-2(3)4;;;;;/h1H3,(H2,3,4);;;;;/p-1. The molecule has 0 spiro atoms. The van der Waals surface area contributed by atoms with Crippen LogP contribution in [0.3, 0.4) is 0 Å². The van der Waals surface area contributed by atoms with E-state index in [-0.39, 0.29) is 105 Å². The second-order valence-electron chi connectivity index (χ2n) is 0.556. The molecule has 9 heavy (non-hydrogen) atoms. The van der Waals surface area contributed by atoms with Gasteiger partial charge in [0.2, 0.25) is 0 Å². The van der Waals surface area contributed by atoms with Crippen LogP contribution in [0.2, 0.25) is 0 Å². The number of rotatable bonds is 0. The van der Waals surface area contributed by atoms with Gasteiger partial charge in [0.1, 0.15) is 0 Å². The third kappa shape index (κ3) is 102.